The summed E-state index contributed by atoms with van der Waals surface area (Å²) in [4.78, 5) is 35.5. The van der Waals surface area contributed by atoms with Gasteiger partial charge in [0.05, 0.1) is 29.8 Å². The van der Waals surface area contributed by atoms with Crippen LogP contribution in [0, 0.1) is 10.1 Å². The van der Waals surface area contributed by atoms with Crippen LogP contribution in [0.4, 0.5) is 21.9 Å². The van der Waals surface area contributed by atoms with Crippen molar-refractivity contribution < 1.29 is 24.0 Å². The smallest absolute Gasteiger partial charge is 0.410 e. The molecule has 2 aromatic carbocycles. The summed E-state index contributed by atoms with van der Waals surface area (Å²) in [5, 5.41) is 14.0. The van der Waals surface area contributed by atoms with Crippen molar-refractivity contribution in [3.63, 3.8) is 0 Å². The van der Waals surface area contributed by atoms with Crippen molar-refractivity contribution in [2.75, 3.05) is 25.6 Å². The second-order valence-electron chi connectivity index (χ2n) is 5.84. The number of hydrogen-bond donors (Lipinski definition) is 1. The van der Waals surface area contributed by atoms with Crippen LogP contribution in [0.3, 0.4) is 0 Å². The summed E-state index contributed by atoms with van der Waals surface area (Å²) in [6.45, 7) is 1.31. The molecule has 0 aliphatic carbocycles. The number of nitrogens with one attached hydrogen (secondary N) is 1. The van der Waals surface area contributed by atoms with Crippen molar-refractivity contribution in [2.24, 2.45) is 0 Å². The van der Waals surface area contributed by atoms with Gasteiger partial charge in [-0.3, -0.25) is 10.1 Å². The molecule has 27 heavy (non-hydrogen) atoms. The molecule has 0 spiro atoms. The number of carbonyl (C=O) groups is 2. The second-order valence-corrected chi connectivity index (χ2v) is 5.84. The number of amides is 1. The molecule has 1 N–H and O–H groups in total. The third-order valence-corrected chi connectivity index (χ3v) is 4.04. The minimum Gasteiger partial charge on any atom is -0.465 e. The van der Waals surface area contributed by atoms with Crippen molar-refractivity contribution in [3.8, 4) is 0 Å². The van der Waals surface area contributed by atoms with E-state index >= 15 is 0 Å². The average Bonchev–Trinajstić information content (AvgIpc) is 3.06. The monoisotopic (exact) mass is 371 g/mol. The number of ether oxygens (including phenoxy) is 2. The number of nitro benzene ring substituents is 1. The van der Waals surface area contributed by atoms with Gasteiger partial charge in [-0.1, -0.05) is 12.1 Å². The van der Waals surface area contributed by atoms with Gasteiger partial charge in [0.25, 0.3) is 5.69 Å². The summed E-state index contributed by atoms with van der Waals surface area (Å²) in [6, 6.07) is 11.2. The highest BCUT2D eigenvalue weighted by molar-refractivity contribution is 5.97. The van der Waals surface area contributed by atoms with E-state index in [0.29, 0.717) is 31.1 Å². The number of carbonyl (C=O) groups excluding carboxylic acids is 2. The molecule has 0 saturated carbocycles. The Morgan fingerprint density at radius 2 is 2.15 bits per heavy atom. The van der Waals surface area contributed by atoms with Gasteiger partial charge in [-0.15, -0.1) is 0 Å². The molecule has 0 radical (unpaired) electrons. The molecular formula is C18H17N3O6. The zero-order valence-electron chi connectivity index (χ0n) is 14.5. The van der Waals surface area contributed by atoms with E-state index in [1.165, 1.54) is 19.2 Å². The summed E-state index contributed by atoms with van der Waals surface area (Å²) in [7, 11) is 1.21. The van der Waals surface area contributed by atoms with Crippen molar-refractivity contribution >= 4 is 29.1 Å². The molecule has 9 nitrogen and oxygen atoms in total. The summed E-state index contributed by atoms with van der Waals surface area (Å²) < 4.78 is 9.63. The predicted octanol–water partition coefficient (Wildman–Crippen LogP) is 3.08. The third-order valence-electron chi connectivity index (χ3n) is 4.04. The van der Waals surface area contributed by atoms with E-state index in [9.17, 15) is 19.7 Å². The van der Waals surface area contributed by atoms with Gasteiger partial charge < -0.3 is 19.7 Å². The first kappa shape index (κ1) is 18.2. The van der Waals surface area contributed by atoms with Gasteiger partial charge in [0.2, 0.25) is 0 Å². The normalized spacial score (nSPS) is 13.2. The zero-order valence-corrected chi connectivity index (χ0v) is 14.5. The maximum absolute atomic E-state index is 12.0. The van der Waals surface area contributed by atoms with Gasteiger partial charge >= 0.3 is 12.1 Å². The van der Waals surface area contributed by atoms with E-state index in [2.05, 4.69) is 5.32 Å². The quantitative estimate of drug-likeness (QED) is 0.472. The first-order chi connectivity index (χ1) is 13.0. The standard InChI is InChI=1S/C18H17N3O6/c1-26-17(22)15-10-14(21(24)25)5-6-16(15)19-13-4-2-3-12(9-13)11-20-7-8-27-18(20)23/h2-6,9-10,19H,7-8,11H2,1H3. The molecule has 0 unspecified atom stereocenters. The number of esters is 1. The number of nitrogens with zero attached hydrogens (tertiary/aromatic N) is 2. The number of cyclic esters (lactones) is 1. The summed E-state index contributed by atoms with van der Waals surface area (Å²) in [5.41, 5.74) is 1.77. The van der Waals surface area contributed by atoms with E-state index in [1.807, 2.05) is 18.2 Å². The number of nitro groups is 1. The highest BCUT2D eigenvalue weighted by Gasteiger charge is 2.22. The van der Waals surface area contributed by atoms with Gasteiger partial charge in [-0.2, -0.15) is 0 Å². The van der Waals surface area contributed by atoms with Crippen molar-refractivity contribution in [1.29, 1.82) is 0 Å². The zero-order chi connectivity index (χ0) is 19.4. The van der Waals surface area contributed by atoms with Gasteiger partial charge in [-0.05, 0) is 23.8 Å². The van der Waals surface area contributed by atoms with Crippen molar-refractivity contribution in [2.45, 2.75) is 6.54 Å². The van der Waals surface area contributed by atoms with Crippen LogP contribution < -0.4 is 5.32 Å². The Morgan fingerprint density at radius 1 is 1.33 bits per heavy atom. The topological polar surface area (TPSA) is 111 Å². The molecule has 0 bridgehead atoms. The van der Waals surface area contributed by atoms with Crippen LogP contribution in [-0.2, 0) is 16.0 Å². The molecule has 0 aromatic heterocycles. The molecule has 1 aliphatic heterocycles. The van der Waals surface area contributed by atoms with Crippen LogP contribution in [0.15, 0.2) is 42.5 Å². The molecule has 1 saturated heterocycles. The molecule has 0 atom stereocenters. The third kappa shape index (κ3) is 4.14. The molecule has 1 fully saturated rings. The first-order valence-electron chi connectivity index (χ1n) is 8.12. The lowest BCUT2D eigenvalue weighted by Gasteiger charge is -2.15. The van der Waals surface area contributed by atoms with Gasteiger partial charge in [0, 0.05) is 24.4 Å². The van der Waals surface area contributed by atoms with Gasteiger partial charge in [-0.25, -0.2) is 9.59 Å². The lowest BCUT2D eigenvalue weighted by molar-refractivity contribution is -0.384. The van der Waals surface area contributed by atoms with Crippen LogP contribution >= 0.6 is 0 Å². The van der Waals surface area contributed by atoms with Crippen LogP contribution in [0.5, 0.6) is 0 Å². The van der Waals surface area contributed by atoms with E-state index in [4.69, 9.17) is 9.47 Å². The number of benzene rings is 2. The van der Waals surface area contributed by atoms with E-state index < -0.39 is 10.9 Å². The minimum absolute atomic E-state index is 0.0558. The number of anilines is 2. The molecule has 140 valence electrons. The van der Waals surface area contributed by atoms with Crippen LogP contribution in [0.25, 0.3) is 0 Å². The number of methoxy groups -OCH3 is 1. The van der Waals surface area contributed by atoms with Crippen molar-refractivity contribution in [1.82, 2.24) is 4.90 Å². The average molecular weight is 371 g/mol. The highest BCUT2D eigenvalue weighted by atomic mass is 16.6. The van der Waals surface area contributed by atoms with Crippen LogP contribution in [-0.4, -0.2) is 42.1 Å². The molecule has 3 rings (SSSR count). The van der Waals surface area contributed by atoms with Crippen LogP contribution in [0.1, 0.15) is 15.9 Å². The second kappa shape index (κ2) is 7.73. The molecule has 1 aliphatic rings. The Morgan fingerprint density at radius 3 is 2.81 bits per heavy atom. The van der Waals surface area contributed by atoms with E-state index in [1.54, 1.807) is 11.0 Å². The molecular weight excluding hydrogens is 354 g/mol. The van der Waals surface area contributed by atoms with Gasteiger partial charge in [0.1, 0.15) is 6.61 Å². The molecule has 2 aromatic rings. The maximum Gasteiger partial charge on any atom is 0.410 e. The highest BCUT2D eigenvalue weighted by Crippen LogP contribution is 2.27. The Kier molecular flexibility index (Phi) is 5.20. The molecule has 1 heterocycles. The van der Waals surface area contributed by atoms with E-state index in [-0.39, 0.29) is 17.3 Å². The van der Waals surface area contributed by atoms with E-state index in [0.717, 1.165) is 11.6 Å². The Hall–Kier alpha value is -3.62. The maximum atomic E-state index is 12.0. The predicted molar refractivity (Wildman–Crippen MR) is 95.9 cm³/mol. The largest absolute Gasteiger partial charge is 0.465 e. The fraction of sp³-hybridized carbons (Fsp3) is 0.222. The number of non-ortho nitro benzene ring substituents is 1. The Balaban J connectivity index is 1.84. The molecule has 9 heteroatoms. The SMILES string of the molecule is COC(=O)c1cc([N+](=O)[O-])ccc1Nc1cccc(CN2CCOC2=O)c1. The summed E-state index contributed by atoms with van der Waals surface area (Å²) in [6.07, 6.45) is -0.350. The molecule has 1 amide bonds. The minimum atomic E-state index is -0.683. The Labute approximate surface area is 154 Å². The summed E-state index contributed by atoms with van der Waals surface area (Å²) in [5.74, 6) is -0.683. The van der Waals surface area contributed by atoms with Gasteiger partial charge in [0.15, 0.2) is 0 Å². The summed E-state index contributed by atoms with van der Waals surface area (Å²) >= 11 is 0. The number of hydrogen-bond acceptors (Lipinski definition) is 7. The fourth-order valence-electron chi connectivity index (χ4n) is 2.73. The lowest BCUT2D eigenvalue weighted by atomic mass is 10.1. The number of rotatable bonds is 6. The fourth-order valence-corrected chi connectivity index (χ4v) is 2.73. The van der Waals surface area contributed by atoms with Crippen molar-refractivity contribution in [3.05, 3.63) is 63.7 Å². The lowest BCUT2D eigenvalue weighted by Crippen LogP contribution is -2.23. The van der Waals surface area contributed by atoms with Crippen LogP contribution in [0.2, 0.25) is 0 Å². The first-order valence-corrected chi connectivity index (χ1v) is 8.12. The Bertz CT molecular complexity index is 898.